The van der Waals surface area contributed by atoms with Crippen LogP contribution in [0.25, 0.3) is 11.1 Å². The van der Waals surface area contributed by atoms with Gasteiger partial charge in [0.15, 0.2) is 0 Å². The number of likely N-dealkylation sites (N-methyl/N-ethyl adjacent to an activating group) is 2. The highest BCUT2D eigenvalue weighted by Gasteiger charge is 2.42. The summed E-state index contributed by atoms with van der Waals surface area (Å²) in [6.07, 6.45) is 3.74. The highest BCUT2D eigenvalue weighted by molar-refractivity contribution is 5.88. The fraction of sp³-hybridized carbons (Fsp3) is 0.381. The molecule has 4 heterocycles. The molecule has 4 aromatic carbocycles. The molecule has 0 bridgehead atoms. The maximum Gasteiger partial charge on any atom is 0.244 e. The topological polar surface area (TPSA) is 95.2 Å². The maximum absolute atomic E-state index is 14.0. The number of likely N-dealkylation sites (tertiary alicyclic amines) is 2. The molecule has 270 valence electrons. The monoisotopic (exact) mass is 698 g/mol. The van der Waals surface area contributed by atoms with Gasteiger partial charge in [-0.05, 0) is 100 Å². The summed E-state index contributed by atoms with van der Waals surface area (Å²) in [5.74, 6) is 0.297. The molecule has 0 spiro atoms. The first-order valence-corrected chi connectivity index (χ1v) is 18.6. The molecule has 0 saturated carbocycles. The van der Waals surface area contributed by atoms with E-state index in [1.54, 1.807) is 0 Å². The molecule has 6 atom stereocenters. The van der Waals surface area contributed by atoms with Gasteiger partial charge in [0.2, 0.25) is 11.8 Å². The van der Waals surface area contributed by atoms with Crippen molar-refractivity contribution in [1.82, 2.24) is 19.6 Å². The minimum atomic E-state index is -0.318. The van der Waals surface area contributed by atoms with Crippen molar-refractivity contribution >= 4 is 34.6 Å². The lowest BCUT2D eigenvalue weighted by Gasteiger charge is -2.34. The first kappa shape index (κ1) is 34.0. The van der Waals surface area contributed by atoms with Gasteiger partial charge in [-0.1, -0.05) is 72.8 Å². The fourth-order valence-corrected chi connectivity index (χ4v) is 8.80. The van der Waals surface area contributed by atoms with Crippen LogP contribution in [0, 0.1) is 0 Å². The third-order valence-electron chi connectivity index (χ3n) is 11.3. The van der Waals surface area contributed by atoms with Crippen molar-refractivity contribution in [2.24, 2.45) is 0 Å². The molecule has 4 aliphatic heterocycles. The molecule has 10 nitrogen and oxygen atoms in total. The van der Waals surface area contributed by atoms with Gasteiger partial charge in [0.05, 0.1) is 34.8 Å². The van der Waals surface area contributed by atoms with Gasteiger partial charge in [-0.25, -0.2) is 0 Å². The number of fused-ring (bicyclic) bond motifs is 2. The first-order chi connectivity index (χ1) is 25.3. The molecule has 10 heteroatoms. The molecular weight excluding hydrogens is 649 g/mol. The summed E-state index contributed by atoms with van der Waals surface area (Å²) in [5, 5.41) is 14.8. The molecule has 0 aliphatic carbocycles. The van der Waals surface area contributed by atoms with Crippen molar-refractivity contribution in [2.75, 3.05) is 62.5 Å². The molecule has 2 saturated heterocycles. The summed E-state index contributed by atoms with van der Waals surface area (Å²) in [7, 11) is 7.92. The summed E-state index contributed by atoms with van der Waals surface area (Å²) in [5.41, 5.74) is 8.48. The van der Waals surface area contributed by atoms with Crippen LogP contribution >= 0.6 is 0 Å². The van der Waals surface area contributed by atoms with E-state index in [0.29, 0.717) is 0 Å². The van der Waals surface area contributed by atoms with Crippen molar-refractivity contribution in [3.63, 3.8) is 0 Å². The Labute approximate surface area is 307 Å². The molecule has 0 aromatic heterocycles. The van der Waals surface area contributed by atoms with Crippen LogP contribution in [0.2, 0.25) is 0 Å². The van der Waals surface area contributed by atoms with Gasteiger partial charge >= 0.3 is 0 Å². The molecule has 2 fully saturated rings. The van der Waals surface area contributed by atoms with Gasteiger partial charge in [0.1, 0.15) is 24.4 Å². The lowest BCUT2D eigenvalue weighted by Crippen LogP contribution is -2.50. The van der Waals surface area contributed by atoms with E-state index in [2.05, 4.69) is 67.5 Å². The third-order valence-corrected chi connectivity index (χ3v) is 11.3. The number of nitrogens with zero attached hydrogens (tertiary/aromatic N) is 4. The smallest absolute Gasteiger partial charge is 0.244 e. The van der Waals surface area contributed by atoms with Crippen molar-refractivity contribution in [2.45, 2.75) is 62.2 Å². The zero-order valence-electron chi connectivity index (χ0n) is 30.5. The Morgan fingerprint density at radius 1 is 0.558 bits per heavy atom. The van der Waals surface area contributed by atoms with Crippen LogP contribution in [-0.4, -0.2) is 97.1 Å². The summed E-state index contributed by atoms with van der Waals surface area (Å²) in [6, 6.07) is 32.6. The quantitative estimate of drug-likeness (QED) is 0.163. The zero-order valence-corrected chi connectivity index (χ0v) is 30.5. The van der Waals surface area contributed by atoms with E-state index >= 15 is 0 Å². The lowest BCUT2D eigenvalue weighted by atomic mass is 10.0. The zero-order chi connectivity index (χ0) is 35.9. The molecule has 4 aliphatic rings. The highest BCUT2D eigenvalue weighted by atomic mass is 16.2. The van der Waals surface area contributed by atoms with Crippen LogP contribution in [-0.2, 0) is 9.59 Å². The average molecular weight is 699 g/mol. The van der Waals surface area contributed by atoms with Crippen LogP contribution in [0.15, 0.2) is 97.1 Å². The number of hydrogen-bond acceptors (Lipinski definition) is 8. The van der Waals surface area contributed by atoms with Gasteiger partial charge < -0.3 is 31.1 Å². The Bertz CT molecular complexity index is 1780. The van der Waals surface area contributed by atoms with Crippen molar-refractivity contribution in [1.29, 1.82) is 0 Å². The van der Waals surface area contributed by atoms with Crippen LogP contribution in [0.4, 0.5) is 22.7 Å². The average Bonchev–Trinajstić information content (AvgIpc) is 3.97. The summed E-state index contributed by atoms with van der Waals surface area (Å²) in [6.45, 7) is 1.52. The number of carbonyl (C=O) groups excluding carboxylic acids is 2. The van der Waals surface area contributed by atoms with Gasteiger partial charge in [-0.2, -0.15) is 0 Å². The number of amides is 2. The molecule has 4 aromatic rings. The molecular formula is C42H50N8O2. The molecule has 2 amide bonds. The predicted octanol–water partition coefficient (Wildman–Crippen LogP) is 6.27. The van der Waals surface area contributed by atoms with Crippen molar-refractivity contribution in [3.05, 3.63) is 108 Å². The first-order valence-electron chi connectivity index (χ1n) is 18.6. The van der Waals surface area contributed by atoms with Crippen LogP contribution in [0.5, 0.6) is 0 Å². The second-order valence-corrected chi connectivity index (χ2v) is 15.1. The number of carbonyl (C=O) groups is 2. The van der Waals surface area contributed by atoms with E-state index in [4.69, 9.17) is 0 Å². The van der Waals surface area contributed by atoms with E-state index in [1.807, 2.05) is 98.7 Å². The van der Waals surface area contributed by atoms with Crippen molar-refractivity contribution < 1.29 is 9.59 Å². The molecule has 6 unspecified atom stereocenters. The molecule has 8 rings (SSSR count). The lowest BCUT2D eigenvalue weighted by molar-refractivity contribution is -0.138. The van der Waals surface area contributed by atoms with Gasteiger partial charge in [-0.15, -0.1) is 0 Å². The SMILES string of the molecule is CN(C)C(C(=O)N1CCCC1C1Nc2ccc(-c3ccc4c(c3)NC(C3CCCN3C(=O)C(c3ccccc3)N(C)C)N4)cc2N1)c1ccccc1. The van der Waals surface area contributed by atoms with Crippen LogP contribution in [0.3, 0.4) is 0 Å². The summed E-state index contributed by atoms with van der Waals surface area (Å²) >= 11 is 0. The van der Waals surface area contributed by atoms with Gasteiger partial charge in [-0.3, -0.25) is 19.4 Å². The van der Waals surface area contributed by atoms with E-state index in [9.17, 15) is 9.59 Å². The number of nitrogens with one attached hydrogen (secondary N) is 4. The normalized spacial score (nSPS) is 23.0. The van der Waals surface area contributed by atoms with E-state index < -0.39 is 0 Å². The second-order valence-electron chi connectivity index (χ2n) is 15.1. The molecule has 52 heavy (non-hydrogen) atoms. The summed E-state index contributed by atoms with van der Waals surface area (Å²) < 4.78 is 0. The maximum atomic E-state index is 14.0. The molecule has 4 N–H and O–H groups in total. The van der Waals surface area contributed by atoms with Crippen LogP contribution < -0.4 is 21.3 Å². The Balaban J connectivity index is 0.952. The number of hydrogen-bond donors (Lipinski definition) is 4. The van der Waals surface area contributed by atoms with Gasteiger partial charge in [0, 0.05) is 13.1 Å². The fourth-order valence-electron chi connectivity index (χ4n) is 8.80. The van der Waals surface area contributed by atoms with Crippen molar-refractivity contribution in [3.8, 4) is 11.1 Å². The Hall–Kier alpha value is -5.06. The third kappa shape index (κ3) is 6.34. The molecule has 0 radical (unpaired) electrons. The Morgan fingerprint density at radius 3 is 1.33 bits per heavy atom. The minimum Gasteiger partial charge on any atom is -0.362 e. The second kappa shape index (κ2) is 14.2. The number of benzene rings is 4. The summed E-state index contributed by atoms with van der Waals surface area (Å²) in [4.78, 5) is 36.2. The standard InChI is InChI=1S/C42H50N8O2/c1-47(2)37(27-13-7-5-8-14-27)41(51)49-23-11-17-35(49)39-43-31-21-19-29(25-33(31)45-39)30-20-22-32-34(26-30)46-40(44-32)36-18-12-24-50(36)42(52)38(48(3)4)28-15-9-6-10-16-28/h5-10,13-16,19-22,25-26,35-40,43-46H,11-12,17-18,23-24H2,1-4H3. The van der Waals surface area contributed by atoms with E-state index in [-0.39, 0.29) is 48.3 Å². The Morgan fingerprint density at radius 2 is 0.942 bits per heavy atom. The minimum absolute atomic E-state index is 0.0458. The number of rotatable bonds is 9. The Kier molecular flexibility index (Phi) is 9.27. The van der Waals surface area contributed by atoms with Crippen LogP contribution in [0.1, 0.15) is 48.9 Å². The van der Waals surface area contributed by atoms with Gasteiger partial charge in [0.25, 0.3) is 0 Å². The van der Waals surface area contributed by atoms with E-state index in [1.165, 1.54) is 0 Å². The predicted molar refractivity (Wildman–Crippen MR) is 209 cm³/mol. The van der Waals surface area contributed by atoms with E-state index in [0.717, 1.165) is 83.8 Å². The number of anilines is 4. The largest absolute Gasteiger partial charge is 0.362 e. The highest BCUT2D eigenvalue weighted by Crippen LogP contribution is 2.41.